The molecule has 0 aliphatic carbocycles. The van der Waals surface area contributed by atoms with Crippen LogP contribution in [0.5, 0.6) is 11.5 Å². The molecular formula is C21H22FN3O4. The number of benzene rings is 2. The molecule has 0 radical (unpaired) electrons. The molecule has 0 unspecified atom stereocenters. The fraction of sp³-hybridized carbons (Fsp3) is 0.333. The monoisotopic (exact) mass is 399 g/mol. The van der Waals surface area contributed by atoms with Gasteiger partial charge in [-0.3, -0.25) is 0 Å². The maximum atomic E-state index is 13.5. The van der Waals surface area contributed by atoms with Crippen LogP contribution in [0.3, 0.4) is 0 Å². The number of ether oxygens (including phenoxy) is 2. The van der Waals surface area contributed by atoms with Gasteiger partial charge in [-0.25, -0.2) is 9.18 Å². The maximum Gasteiger partial charge on any atom is 0.317 e. The summed E-state index contributed by atoms with van der Waals surface area (Å²) >= 11 is 0. The molecule has 8 heteroatoms. The van der Waals surface area contributed by atoms with Crippen molar-refractivity contribution in [1.29, 1.82) is 0 Å². The first-order valence-corrected chi connectivity index (χ1v) is 9.52. The van der Waals surface area contributed by atoms with E-state index in [0.717, 1.165) is 11.3 Å². The third-order valence-corrected chi connectivity index (χ3v) is 4.74. The average molecular weight is 399 g/mol. The van der Waals surface area contributed by atoms with Gasteiger partial charge in [0, 0.05) is 25.1 Å². The molecule has 0 aromatic heterocycles. The fourth-order valence-electron chi connectivity index (χ4n) is 3.36. The van der Waals surface area contributed by atoms with Crippen LogP contribution in [-0.2, 0) is 11.4 Å². The Hall–Kier alpha value is -3.29. The highest BCUT2D eigenvalue weighted by atomic mass is 19.1. The van der Waals surface area contributed by atoms with Crippen LogP contribution < -0.4 is 14.8 Å². The van der Waals surface area contributed by atoms with Gasteiger partial charge in [-0.1, -0.05) is 17.3 Å². The normalized spacial score (nSPS) is 16.9. The average Bonchev–Trinajstić information content (AvgIpc) is 3.36. The van der Waals surface area contributed by atoms with Crippen molar-refractivity contribution in [3.05, 3.63) is 59.4 Å². The summed E-state index contributed by atoms with van der Waals surface area (Å²) in [5, 5.41) is 6.99. The minimum atomic E-state index is -0.330. The highest BCUT2D eigenvalue weighted by Gasteiger charge is 2.28. The van der Waals surface area contributed by atoms with E-state index in [2.05, 4.69) is 10.5 Å². The van der Waals surface area contributed by atoms with E-state index in [9.17, 15) is 9.18 Å². The first-order valence-electron chi connectivity index (χ1n) is 9.52. The molecule has 2 aromatic rings. The van der Waals surface area contributed by atoms with Crippen molar-refractivity contribution in [2.24, 2.45) is 5.16 Å². The number of rotatable bonds is 6. The van der Waals surface area contributed by atoms with Crippen LogP contribution in [0, 0.1) is 5.82 Å². The summed E-state index contributed by atoms with van der Waals surface area (Å²) in [7, 11) is 0. The van der Waals surface area contributed by atoms with Crippen LogP contribution in [0.1, 0.15) is 24.5 Å². The van der Waals surface area contributed by atoms with Crippen LogP contribution in [0.25, 0.3) is 0 Å². The summed E-state index contributed by atoms with van der Waals surface area (Å²) in [6.45, 7) is 3.18. The molecule has 0 saturated carbocycles. The zero-order valence-corrected chi connectivity index (χ0v) is 16.1. The molecule has 2 heterocycles. The van der Waals surface area contributed by atoms with Crippen molar-refractivity contribution in [2.45, 2.75) is 26.0 Å². The van der Waals surface area contributed by atoms with Crippen molar-refractivity contribution >= 4 is 11.7 Å². The Morgan fingerprint density at radius 3 is 2.93 bits per heavy atom. The van der Waals surface area contributed by atoms with E-state index in [0.29, 0.717) is 36.6 Å². The number of fused-ring (bicyclic) bond motifs is 1. The van der Waals surface area contributed by atoms with E-state index in [1.54, 1.807) is 17.0 Å². The Morgan fingerprint density at radius 2 is 2.10 bits per heavy atom. The van der Waals surface area contributed by atoms with Crippen molar-refractivity contribution in [1.82, 2.24) is 10.2 Å². The van der Waals surface area contributed by atoms with Gasteiger partial charge in [0.15, 0.2) is 17.6 Å². The van der Waals surface area contributed by atoms with Gasteiger partial charge in [0.05, 0.1) is 12.3 Å². The van der Waals surface area contributed by atoms with Gasteiger partial charge in [-0.05, 0) is 42.8 Å². The topological polar surface area (TPSA) is 72.4 Å². The summed E-state index contributed by atoms with van der Waals surface area (Å²) in [5.41, 5.74) is 2.40. The number of oxime groups is 1. The minimum Gasteiger partial charge on any atom is -0.454 e. The Bertz CT molecular complexity index is 934. The van der Waals surface area contributed by atoms with Crippen molar-refractivity contribution < 1.29 is 23.5 Å². The number of urea groups is 1. The number of carbonyl (C=O) groups excluding carboxylic acids is 1. The summed E-state index contributed by atoms with van der Waals surface area (Å²) in [4.78, 5) is 19.7. The number of nitrogens with zero attached hydrogens (tertiary/aromatic N) is 2. The SMILES string of the molecule is CCNC(=O)N(Cc1cccc(F)c1)C[C@H]1CC(c2ccc3c(c2)OCO3)=NO1. The van der Waals surface area contributed by atoms with Gasteiger partial charge >= 0.3 is 6.03 Å². The zero-order chi connectivity index (χ0) is 20.2. The van der Waals surface area contributed by atoms with E-state index in [-0.39, 0.29) is 31.3 Å². The van der Waals surface area contributed by atoms with Crippen LogP contribution in [0.15, 0.2) is 47.6 Å². The number of halogens is 1. The van der Waals surface area contributed by atoms with Crippen molar-refractivity contribution in [3.8, 4) is 11.5 Å². The van der Waals surface area contributed by atoms with E-state index in [1.165, 1.54) is 12.1 Å². The molecular weight excluding hydrogens is 377 g/mol. The minimum absolute atomic E-state index is 0.214. The van der Waals surface area contributed by atoms with Crippen LogP contribution in [0.2, 0.25) is 0 Å². The van der Waals surface area contributed by atoms with Gasteiger partial charge < -0.3 is 24.5 Å². The number of hydrogen-bond donors (Lipinski definition) is 1. The molecule has 4 rings (SSSR count). The molecule has 1 atom stereocenters. The van der Waals surface area contributed by atoms with Gasteiger partial charge in [0.2, 0.25) is 6.79 Å². The van der Waals surface area contributed by atoms with E-state index >= 15 is 0 Å². The van der Waals surface area contributed by atoms with Crippen molar-refractivity contribution in [3.63, 3.8) is 0 Å². The van der Waals surface area contributed by atoms with Crippen LogP contribution >= 0.6 is 0 Å². The Kier molecular flexibility index (Phi) is 5.50. The summed E-state index contributed by atoms with van der Waals surface area (Å²) in [6, 6.07) is 11.6. The molecule has 0 spiro atoms. The third-order valence-electron chi connectivity index (χ3n) is 4.74. The molecule has 7 nitrogen and oxygen atoms in total. The Morgan fingerprint density at radius 1 is 1.24 bits per heavy atom. The largest absolute Gasteiger partial charge is 0.454 e. The van der Waals surface area contributed by atoms with Gasteiger partial charge in [-0.15, -0.1) is 0 Å². The lowest BCUT2D eigenvalue weighted by Crippen LogP contribution is -2.43. The van der Waals surface area contributed by atoms with Crippen LogP contribution in [0.4, 0.5) is 9.18 Å². The van der Waals surface area contributed by atoms with Crippen molar-refractivity contribution in [2.75, 3.05) is 19.9 Å². The molecule has 2 aliphatic heterocycles. The number of hydrogen-bond acceptors (Lipinski definition) is 5. The fourth-order valence-corrected chi connectivity index (χ4v) is 3.36. The molecule has 0 bridgehead atoms. The lowest BCUT2D eigenvalue weighted by atomic mass is 10.0. The Labute approximate surface area is 168 Å². The quantitative estimate of drug-likeness (QED) is 0.809. The highest BCUT2D eigenvalue weighted by Crippen LogP contribution is 2.33. The first kappa shape index (κ1) is 19.0. The lowest BCUT2D eigenvalue weighted by Gasteiger charge is -2.25. The Balaban J connectivity index is 1.42. The van der Waals surface area contributed by atoms with E-state index in [4.69, 9.17) is 14.3 Å². The predicted molar refractivity (Wildman–Crippen MR) is 104 cm³/mol. The number of amides is 2. The highest BCUT2D eigenvalue weighted by molar-refractivity contribution is 6.01. The maximum absolute atomic E-state index is 13.5. The molecule has 29 heavy (non-hydrogen) atoms. The lowest BCUT2D eigenvalue weighted by molar-refractivity contribution is 0.0590. The second-order valence-corrected chi connectivity index (χ2v) is 6.88. The molecule has 2 aromatic carbocycles. The van der Waals surface area contributed by atoms with Gasteiger partial charge in [0.1, 0.15) is 5.82 Å². The summed E-state index contributed by atoms with van der Waals surface area (Å²) < 4.78 is 24.3. The van der Waals surface area contributed by atoms with E-state index < -0.39 is 0 Å². The van der Waals surface area contributed by atoms with Gasteiger partial charge in [0.25, 0.3) is 0 Å². The standard InChI is InChI=1S/C21H22FN3O4/c1-2-23-21(26)25(11-14-4-3-5-16(22)8-14)12-17-10-18(24-29-17)15-6-7-19-20(9-15)28-13-27-19/h3-9,17H,2,10-13H2,1H3,(H,23,26)/t17-/m1/s1. The molecule has 152 valence electrons. The summed E-state index contributed by atoms with van der Waals surface area (Å²) in [6.07, 6.45) is 0.269. The first-order chi connectivity index (χ1) is 14.1. The van der Waals surface area contributed by atoms with E-state index in [1.807, 2.05) is 25.1 Å². The molecule has 2 aliphatic rings. The second-order valence-electron chi connectivity index (χ2n) is 6.88. The van der Waals surface area contributed by atoms with Crippen LogP contribution in [-0.4, -0.2) is 42.6 Å². The third kappa shape index (κ3) is 4.42. The summed E-state index contributed by atoms with van der Waals surface area (Å²) in [5.74, 6) is 1.06. The number of carbonyl (C=O) groups is 1. The smallest absolute Gasteiger partial charge is 0.317 e. The second kappa shape index (κ2) is 8.38. The predicted octanol–water partition coefficient (Wildman–Crippen LogP) is 3.28. The molecule has 0 fully saturated rings. The zero-order valence-electron chi connectivity index (χ0n) is 16.1. The molecule has 0 saturated heterocycles. The molecule has 2 amide bonds. The van der Waals surface area contributed by atoms with Gasteiger partial charge in [-0.2, -0.15) is 0 Å². The molecule has 1 N–H and O–H groups in total. The number of nitrogens with one attached hydrogen (secondary N) is 1.